The summed E-state index contributed by atoms with van der Waals surface area (Å²) in [5.41, 5.74) is 5.80. The number of hydrogen-bond donors (Lipinski definition) is 3. The van der Waals surface area contributed by atoms with Crippen molar-refractivity contribution >= 4 is 11.7 Å². The van der Waals surface area contributed by atoms with Gasteiger partial charge in [0.25, 0.3) is 0 Å². The Kier molecular flexibility index (Phi) is 5.55. The van der Waals surface area contributed by atoms with E-state index in [1.165, 1.54) is 0 Å². The van der Waals surface area contributed by atoms with Crippen LogP contribution in [-0.2, 0) is 4.79 Å². The van der Waals surface area contributed by atoms with Crippen LogP contribution in [0.2, 0.25) is 0 Å². The molecule has 4 N–H and O–H groups in total. The van der Waals surface area contributed by atoms with Crippen molar-refractivity contribution in [1.29, 1.82) is 0 Å². The van der Waals surface area contributed by atoms with Gasteiger partial charge in [0.2, 0.25) is 5.91 Å². The molecular formula is C15H23N3O2. The predicted molar refractivity (Wildman–Crippen MR) is 79.7 cm³/mol. The van der Waals surface area contributed by atoms with Gasteiger partial charge in [-0.25, -0.2) is 0 Å². The summed E-state index contributed by atoms with van der Waals surface area (Å²) in [4.78, 5) is 12.5. The Labute approximate surface area is 119 Å². The quantitative estimate of drug-likeness (QED) is 0.322. The topological polar surface area (TPSA) is 87.7 Å². The summed E-state index contributed by atoms with van der Waals surface area (Å²) in [5, 5.41) is 14.7. The lowest BCUT2D eigenvalue weighted by atomic mass is 9.92. The van der Waals surface area contributed by atoms with Crippen LogP contribution in [0.4, 0.5) is 0 Å². The molecule has 1 rings (SSSR count). The number of hydrogen-bond acceptors (Lipinski definition) is 3. The standard InChI is InChI=1S/C15H23N3O2/c1-4-12(11-9-7-6-8-10-11)13(19)17-15(3,5-2)14(16)18-20/h6-10,12,20H,4-5H2,1-3H3,(H2,16,18)(H,17,19). The molecule has 0 saturated heterocycles. The summed E-state index contributed by atoms with van der Waals surface area (Å²) in [7, 11) is 0. The summed E-state index contributed by atoms with van der Waals surface area (Å²) in [5.74, 6) is -0.348. The molecule has 0 aliphatic heterocycles. The first-order valence-electron chi connectivity index (χ1n) is 6.83. The van der Waals surface area contributed by atoms with E-state index < -0.39 is 5.54 Å². The van der Waals surface area contributed by atoms with Crippen LogP contribution >= 0.6 is 0 Å². The van der Waals surface area contributed by atoms with E-state index >= 15 is 0 Å². The highest BCUT2D eigenvalue weighted by Crippen LogP contribution is 2.21. The van der Waals surface area contributed by atoms with Crippen LogP contribution in [0, 0.1) is 0 Å². The maximum Gasteiger partial charge on any atom is 0.228 e. The van der Waals surface area contributed by atoms with Crippen molar-refractivity contribution in [3.63, 3.8) is 0 Å². The van der Waals surface area contributed by atoms with Crippen molar-refractivity contribution in [3.8, 4) is 0 Å². The second-order valence-electron chi connectivity index (χ2n) is 5.03. The predicted octanol–water partition coefficient (Wildman–Crippen LogP) is 2.21. The fraction of sp³-hybridized carbons (Fsp3) is 0.467. The average Bonchev–Trinajstić information content (AvgIpc) is 2.48. The van der Waals surface area contributed by atoms with Crippen LogP contribution in [0.1, 0.15) is 45.1 Å². The first kappa shape index (κ1) is 16.0. The third-order valence-electron chi connectivity index (χ3n) is 3.71. The second kappa shape index (κ2) is 6.93. The molecule has 110 valence electrons. The third-order valence-corrected chi connectivity index (χ3v) is 3.71. The number of nitrogens with one attached hydrogen (secondary N) is 1. The molecule has 0 bridgehead atoms. The molecule has 1 aromatic rings. The van der Waals surface area contributed by atoms with Crippen molar-refractivity contribution in [2.45, 2.75) is 45.1 Å². The number of carbonyl (C=O) groups is 1. The number of benzene rings is 1. The number of amides is 1. The van der Waals surface area contributed by atoms with Crippen LogP contribution in [0.15, 0.2) is 35.5 Å². The van der Waals surface area contributed by atoms with Gasteiger partial charge in [0.1, 0.15) is 0 Å². The summed E-state index contributed by atoms with van der Waals surface area (Å²) >= 11 is 0. The Bertz CT molecular complexity index is 473. The molecule has 0 spiro atoms. The molecule has 20 heavy (non-hydrogen) atoms. The molecular weight excluding hydrogens is 254 g/mol. The normalized spacial score (nSPS) is 16.2. The average molecular weight is 277 g/mol. The summed E-state index contributed by atoms with van der Waals surface area (Å²) in [6, 6.07) is 9.60. The Balaban J connectivity index is 2.93. The van der Waals surface area contributed by atoms with Gasteiger partial charge in [-0.1, -0.05) is 49.3 Å². The Morgan fingerprint density at radius 2 is 2.00 bits per heavy atom. The van der Waals surface area contributed by atoms with Gasteiger partial charge < -0.3 is 16.3 Å². The first-order valence-corrected chi connectivity index (χ1v) is 6.83. The largest absolute Gasteiger partial charge is 0.409 e. The van der Waals surface area contributed by atoms with E-state index in [-0.39, 0.29) is 17.7 Å². The number of nitrogens with zero attached hydrogens (tertiary/aromatic N) is 1. The van der Waals surface area contributed by atoms with Gasteiger partial charge in [-0.3, -0.25) is 4.79 Å². The number of nitrogens with two attached hydrogens (primary N) is 1. The molecule has 0 aromatic heterocycles. The molecule has 0 heterocycles. The van der Waals surface area contributed by atoms with Gasteiger partial charge in [0.15, 0.2) is 5.84 Å². The van der Waals surface area contributed by atoms with Gasteiger partial charge in [0.05, 0.1) is 11.5 Å². The molecule has 0 fully saturated rings. The van der Waals surface area contributed by atoms with Gasteiger partial charge in [-0.2, -0.15) is 0 Å². The van der Waals surface area contributed by atoms with Crippen LogP contribution < -0.4 is 11.1 Å². The molecule has 0 aliphatic carbocycles. The van der Waals surface area contributed by atoms with Gasteiger partial charge in [-0.05, 0) is 25.3 Å². The van der Waals surface area contributed by atoms with E-state index in [0.717, 1.165) is 5.56 Å². The number of rotatable bonds is 6. The van der Waals surface area contributed by atoms with Crippen molar-refractivity contribution in [2.75, 3.05) is 0 Å². The van der Waals surface area contributed by atoms with Gasteiger partial charge in [-0.15, -0.1) is 0 Å². The minimum atomic E-state index is -0.839. The van der Waals surface area contributed by atoms with Gasteiger partial charge in [0, 0.05) is 0 Å². The van der Waals surface area contributed by atoms with Crippen molar-refractivity contribution in [3.05, 3.63) is 35.9 Å². The number of oxime groups is 1. The molecule has 0 saturated carbocycles. The highest BCUT2D eigenvalue weighted by Gasteiger charge is 2.32. The van der Waals surface area contributed by atoms with E-state index in [1.807, 2.05) is 44.2 Å². The fourth-order valence-corrected chi connectivity index (χ4v) is 2.06. The molecule has 1 aromatic carbocycles. The maximum absolute atomic E-state index is 12.5. The zero-order valence-electron chi connectivity index (χ0n) is 12.3. The van der Waals surface area contributed by atoms with E-state index in [2.05, 4.69) is 10.5 Å². The van der Waals surface area contributed by atoms with Crippen molar-refractivity contribution < 1.29 is 10.0 Å². The van der Waals surface area contributed by atoms with E-state index in [0.29, 0.717) is 12.8 Å². The summed E-state index contributed by atoms with van der Waals surface area (Å²) < 4.78 is 0. The van der Waals surface area contributed by atoms with Crippen molar-refractivity contribution in [2.24, 2.45) is 10.9 Å². The number of carbonyl (C=O) groups excluding carboxylic acids is 1. The molecule has 1 amide bonds. The van der Waals surface area contributed by atoms with Gasteiger partial charge >= 0.3 is 0 Å². The van der Waals surface area contributed by atoms with E-state index in [1.54, 1.807) is 6.92 Å². The minimum Gasteiger partial charge on any atom is -0.409 e. The van der Waals surface area contributed by atoms with Crippen LogP contribution in [0.3, 0.4) is 0 Å². The third kappa shape index (κ3) is 3.50. The van der Waals surface area contributed by atoms with Crippen LogP contribution in [-0.4, -0.2) is 22.5 Å². The first-order chi connectivity index (χ1) is 9.48. The molecule has 0 radical (unpaired) electrons. The molecule has 2 unspecified atom stereocenters. The van der Waals surface area contributed by atoms with Crippen LogP contribution in [0.25, 0.3) is 0 Å². The van der Waals surface area contributed by atoms with Crippen molar-refractivity contribution in [1.82, 2.24) is 5.32 Å². The lowest BCUT2D eigenvalue weighted by Crippen LogP contribution is -2.56. The maximum atomic E-state index is 12.5. The fourth-order valence-electron chi connectivity index (χ4n) is 2.06. The highest BCUT2D eigenvalue weighted by atomic mass is 16.4. The monoisotopic (exact) mass is 277 g/mol. The molecule has 5 heteroatoms. The zero-order chi connectivity index (χ0) is 15.2. The van der Waals surface area contributed by atoms with E-state index in [4.69, 9.17) is 10.9 Å². The van der Waals surface area contributed by atoms with E-state index in [9.17, 15) is 4.79 Å². The highest BCUT2D eigenvalue weighted by molar-refractivity contribution is 5.95. The minimum absolute atomic E-state index is 0.0104. The Morgan fingerprint density at radius 1 is 1.40 bits per heavy atom. The SMILES string of the molecule is CCC(C(=O)NC(C)(CC)/C(N)=N/O)c1ccccc1. The zero-order valence-corrected chi connectivity index (χ0v) is 12.3. The Hall–Kier alpha value is -2.04. The second-order valence-corrected chi connectivity index (χ2v) is 5.03. The smallest absolute Gasteiger partial charge is 0.228 e. The Morgan fingerprint density at radius 3 is 2.45 bits per heavy atom. The molecule has 5 nitrogen and oxygen atoms in total. The molecule has 0 aliphatic rings. The molecule has 2 atom stereocenters. The summed E-state index contributed by atoms with van der Waals surface area (Å²) in [6.07, 6.45) is 1.23. The van der Waals surface area contributed by atoms with Crippen LogP contribution in [0.5, 0.6) is 0 Å². The lowest BCUT2D eigenvalue weighted by Gasteiger charge is -2.30. The summed E-state index contributed by atoms with van der Waals surface area (Å²) in [6.45, 7) is 5.59. The number of amidine groups is 1. The lowest BCUT2D eigenvalue weighted by molar-refractivity contribution is -0.123.